The molecule has 3 aliphatic heterocycles. The lowest BCUT2D eigenvalue weighted by Gasteiger charge is -2.52. The molecule has 54 heavy (non-hydrogen) atoms. The van der Waals surface area contributed by atoms with Gasteiger partial charge in [-0.2, -0.15) is 10.2 Å². The highest BCUT2D eigenvalue weighted by atomic mass is 16.6. The van der Waals surface area contributed by atoms with E-state index in [4.69, 9.17) is 9.47 Å². The standard InChI is InChI=1S/C20H32N4O2.C11H18N2.C10H15NO3.CH4/c1-3-26-19(25)23-12-7-20(15-23)13-18(14-20)22-10-5-17(6-11-22)16(2)24-9-4-8-21-24;1-10(13-9-5-8-12-13)11-6-3-2-4-7-11;1-2-14-9(13)11-4-3-10(7-11)5-8(12)6-10;/h4,8-9,16-18H,3,5-7,10-15H2,1-2H3;5,8-11H,2-4,6-7H2,1H3;2-7H2,1H3;1H4. The van der Waals surface area contributed by atoms with E-state index in [1.807, 2.05) is 36.4 Å². The lowest BCUT2D eigenvalue weighted by atomic mass is 9.64. The molecule has 6 fully saturated rings. The van der Waals surface area contributed by atoms with Crippen molar-refractivity contribution < 1.29 is 23.9 Å². The van der Waals surface area contributed by atoms with Crippen LogP contribution in [0.3, 0.4) is 0 Å². The topological polar surface area (TPSA) is 115 Å². The Kier molecular flexibility index (Phi) is 14.7. The molecule has 2 atom stereocenters. The average molecular weight is 752 g/mol. The predicted molar refractivity (Wildman–Crippen MR) is 210 cm³/mol. The number of piperidine rings is 1. The van der Waals surface area contributed by atoms with Gasteiger partial charge in [-0.05, 0) is 122 Å². The van der Waals surface area contributed by atoms with Crippen molar-refractivity contribution in [3.05, 3.63) is 36.9 Å². The number of rotatable bonds is 7. The van der Waals surface area contributed by atoms with E-state index >= 15 is 0 Å². The van der Waals surface area contributed by atoms with Crippen molar-refractivity contribution in [2.24, 2.45) is 22.7 Å². The Hall–Kier alpha value is -3.41. The van der Waals surface area contributed by atoms with E-state index < -0.39 is 0 Å². The molecule has 0 radical (unpaired) electrons. The minimum absolute atomic E-state index is 0. The van der Waals surface area contributed by atoms with Gasteiger partial charge in [-0.3, -0.25) is 14.2 Å². The van der Waals surface area contributed by atoms with Gasteiger partial charge in [-0.1, -0.05) is 26.7 Å². The lowest BCUT2D eigenvalue weighted by molar-refractivity contribution is -0.131. The van der Waals surface area contributed by atoms with Gasteiger partial charge in [0.15, 0.2) is 0 Å². The van der Waals surface area contributed by atoms with Crippen LogP contribution in [0.1, 0.15) is 131 Å². The van der Waals surface area contributed by atoms with Crippen molar-refractivity contribution in [2.75, 3.05) is 52.5 Å². The number of carbonyl (C=O) groups excluding carboxylic acids is 3. The van der Waals surface area contributed by atoms with E-state index in [-0.39, 0.29) is 25.0 Å². The van der Waals surface area contributed by atoms with Crippen LogP contribution in [0.2, 0.25) is 0 Å². The number of aromatic nitrogens is 4. The van der Waals surface area contributed by atoms with Crippen LogP contribution in [0.5, 0.6) is 0 Å². The van der Waals surface area contributed by atoms with Crippen LogP contribution >= 0.6 is 0 Å². The Morgan fingerprint density at radius 2 is 1.22 bits per heavy atom. The molecule has 12 heteroatoms. The normalized spacial score (nSPS) is 26.4. The Morgan fingerprint density at radius 3 is 1.69 bits per heavy atom. The summed E-state index contributed by atoms with van der Waals surface area (Å²) in [7, 11) is 0. The quantitative estimate of drug-likeness (QED) is 0.280. The highest BCUT2D eigenvalue weighted by Gasteiger charge is 2.52. The maximum atomic E-state index is 11.9. The number of amides is 2. The summed E-state index contributed by atoms with van der Waals surface area (Å²) < 4.78 is 14.3. The van der Waals surface area contributed by atoms with Gasteiger partial charge in [0.05, 0.1) is 25.3 Å². The SMILES string of the molecule is C.CC(C1CCCCC1)n1cccn1.CCOC(=O)N1CCC2(CC(=O)C2)C1.CCOC(=O)N1CCC2(CC(N3CCC(C(C)n4cccn4)CC3)C2)C1. The van der Waals surface area contributed by atoms with Crippen LogP contribution in [0.4, 0.5) is 9.59 Å². The summed E-state index contributed by atoms with van der Waals surface area (Å²) >= 11 is 0. The maximum absolute atomic E-state index is 11.9. The molecule has 2 amide bonds. The minimum Gasteiger partial charge on any atom is -0.450 e. The Labute approximate surface area is 324 Å². The molecule has 0 bridgehead atoms. The first kappa shape index (κ1) is 41.7. The highest BCUT2D eigenvalue weighted by Crippen LogP contribution is 2.51. The molecule has 2 spiro atoms. The van der Waals surface area contributed by atoms with Crippen molar-refractivity contribution in [3.63, 3.8) is 0 Å². The van der Waals surface area contributed by atoms with Gasteiger partial charge in [-0.25, -0.2) is 9.59 Å². The zero-order valence-electron chi connectivity index (χ0n) is 32.9. The number of ketones is 1. The Bertz CT molecular complexity index is 1440. The van der Waals surface area contributed by atoms with E-state index in [1.54, 1.807) is 11.8 Å². The van der Waals surface area contributed by atoms with Gasteiger partial charge in [0.1, 0.15) is 5.78 Å². The number of Topliss-reactive ketones (excluding diaryl/α,β-unsaturated/α-hetero) is 1. The molecule has 2 unspecified atom stereocenters. The van der Waals surface area contributed by atoms with Crippen LogP contribution in [0, 0.1) is 22.7 Å². The van der Waals surface area contributed by atoms with Gasteiger partial charge in [-0.15, -0.1) is 0 Å². The van der Waals surface area contributed by atoms with E-state index in [0.29, 0.717) is 55.9 Å². The lowest BCUT2D eigenvalue weighted by Crippen LogP contribution is -2.54. The molecule has 2 aromatic rings. The minimum atomic E-state index is -0.233. The Morgan fingerprint density at radius 1 is 0.741 bits per heavy atom. The second-order valence-corrected chi connectivity index (χ2v) is 16.9. The third-order valence-electron chi connectivity index (χ3n) is 13.4. The van der Waals surface area contributed by atoms with Gasteiger partial charge < -0.3 is 24.2 Å². The van der Waals surface area contributed by atoms with Crippen molar-refractivity contribution in [1.29, 1.82) is 0 Å². The molecular formula is C42H69N7O5. The smallest absolute Gasteiger partial charge is 0.409 e. The molecule has 302 valence electrons. The fraction of sp³-hybridized carbons (Fsp3) is 0.786. The van der Waals surface area contributed by atoms with Crippen molar-refractivity contribution in [3.8, 4) is 0 Å². The fourth-order valence-electron chi connectivity index (χ4n) is 10.1. The van der Waals surface area contributed by atoms with Crippen LogP contribution in [0.15, 0.2) is 36.9 Å². The Balaban J connectivity index is 0.000000169. The number of likely N-dealkylation sites (tertiary alicyclic amines) is 3. The van der Waals surface area contributed by atoms with Crippen molar-refractivity contribution in [1.82, 2.24) is 34.3 Å². The molecule has 3 aliphatic carbocycles. The monoisotopic (exact) mass is 752 g/mol. The van der Waals surface area contributed by atoms with Crippen molar-refractivity contribution in [2.45, 2.75) is 137 Å². The van der Waals surface area contributed by atoms with Gasteiger partial charge in [0.25, 0.3) is 0 Å². The highest BCUT2D eigenvalue weighted by molar-refractivity contribution is 5.86. The zero-order valence-corrected chi connectivity index (χ0v) is 32.9. The molecule has 3 saturated carbocycles. The second kappa shape index (κ2) is 19.0. The predicted octanol–water partition coefficient (Wildman–Crippen LogP) is 8.03. The number of nitrogens with zero attached hydrogens (tertiary/aromatic N) is 7. The second-order valence-electron chi connectivity index (χ2n) is 16.9. The molecule has 2 aromatic heterocycles. The molecule has 5 heterocycles. The van der Waals surface area contributed by atoms with Gasteiger partial charge >= 0.3 is 12.2 Å². The number of hydrogen-bond acceptors (Lipinski definition) is 8. The van der Waals surface area contributed by atoms with Crippen LogP contribution in [-0.2, 0) is 14.3 Å². The molecule has 12 nitrogen and oxygen atoms in total. The molecular weight excluding hydrogens is 683 g/mol. The molecule has 0 N–H and O–H groups in total. The molecule has 8 rings (SSSR count). The first-order valence-electron chi connectivity index (χ1n) is 20.7. The summed E-state index contributed by atoms with van der Waals surface area (Å²) in [5.74, 6) is 1.91. The van der Waals surface area contributed by atoms with E-state index in [0.717, 1.165) is 50.4 Å². The summed E-state index contributed by atoms with van der Waals surface area (Å²) in [6.45, 7) is 14.8. The molecule has 6 aliphatic rings. The van der Waals surface area contributed by atoms with E-state index in [2.05, 4.69) is 50.7 Å². The first-order valence-corrected chi connectivity index (χ1v) is 20.7. The van der Waals surface area contributed by atoms with E-state index in [1.165, 1.54) is 70.9 Å². The van der Waals surface area contributed by atoms with Crippen molar-refractivity contribution >= 4 is 18.0 Å². The average Bonchev–Trinajstić information content (AvgIpc) is 3.99. The third kappa shape index (κ3) is 10.1. The first-order chi connectivity index (χ1) is 25.6. The number of hydrogen-bond donors (Lipinski definition) is 0. The summed E-state index contributed by atoms with van der Waals surface area (Å²) in [5, 5.41) is 8.72. The summed E-state index contributed by atoms with van der Waals surface area (Å²) in [5.41, 5.74) is 0.487. The summed E-state index contributed by atoms with van der Waals surface area (Å²) in [6, 6.07) is 5.83. The summed E-state index contributed by atoms with van der Waals surface area (Å²) in [6.07, 6.45) is 23.0. The number of ether oxygens (including phenoxy) is 2. The van der Waals surface area contributed by atoms with Crippen LogP contribution in [0.25, 0.3) is 0 Å². The largest absolute Gasteiger partial charge is 0.450 e. The molecule has 0 aromatic carbocycles. The van der Waals surface area contributed by atoms with E-state index in [9.17, 15) is 14.4 Å². The van der Waals surface area contributed by atoms with Gasteiger partial charge in [0.2, 0.25) is 0 Å². The summed E-state index contributed by atoms with van der Waals surface area (Å²) in [4.78, 5) is 40.6. The third-order valence-corrected chi connectivity index (χ3v) is 13.4. The number of carbonyl (C=O) groups is 3. The zero-order chi connectivity index (χ0) is 37.4. The van der Waals surface area contributed by atoms with Crippen LogP contribution < -0.4 is 0 Å². The maximum Gasteiger partial charge on any atom is 0.409 e. The van der Waals surface area contributed by atoms with Gasteiger partial charge in [0, 0.05) is 75.3 Å². The van der Waals surface area contributed by atoms with Crippen LogP contribution in [-0.4, -0.2) is 111 Å². The molecule has 3 saturated heterocycles. The fourth-order valence-corrected chi connectivity index (χ4v) is 10.1.